The summed E-state index contributed by atoms with van der Waals surface area (Å²) in [6.45, 7) is 0. The third-order valence-electron chi connectivity index (χ3n) is 6.27. The molecule has 2 aliphatic carbocycles. The van der Waals surface area contributed by atoms with E-state index in [-0.39, 0.29) is 34.2 Å². The average molecular weight is 408 g/mol. The first-order chi connectivity index (χ1) is 13.5. The molecule has 4 nitrogen and oxygen atoms in total. The number of nitrogens with zero attached hydrogens (tertiary/aromatic N) is 1. The third-order valence-corrected chi connectivity index (χ3v) is 6.56. The lowest BCUT2D eigenvalue weighted by atomic mass is 9.90. The first-order valence-corrected chi connectivity index (χ1v) is 10.4. The Morgan fingerprint density at radius 1 is 1.21 bits per heavy atom. The van der Waals surface area contributed by atoms with Crippen molar-refractivity contribution in [2.45, 2.75) is 56.9 Å². The Kier molecular flexibility index (Phi) is 5.67. The fourth-order valence-electron chi connectivity index (χ4n) is 4.78. The molecule has 7 heteroatoms. The van der Waals surface area contributed by atoms with Crippen LogP contribution in [0.2, 0.25) is 5.02 Å². The normalized spacial score (nSPS) is 23.8. The lowest BCUT2D eigenvalue weighted by molar-refractivity contribution is -0.126. The standard InChI is InChI=1S/C21H24ClF2N3O/c22-15-7-8-16(23)17(18(15)24)19(12-3-1-2-4-12)27-21(28)14-6-5-13(11-14)20-25-9-10-26-20/h7-10,12-14,19H,1-6,11H2,(H,25,26)(H,27,28)/t13-,14-,19+/m1/s1. The number of amides is 1. The zero-order valence-corrected chi connectivity index (χ0v) is 16.3. The predicted octanol–water partition coefficient (Wildman–Crippen LogP) is 5.27. The van der Waals surface area contributed by atoms with Gasteiger partial charge in [0.25, 0.3) is 0 Å². The molecule has 0 unspecified atom stereocenters. The van der Waals surface area contributed by atoms with Gasteiger partial charge in [-0.25, -0.2) is 13.8 Å². The molecule has 1 amide bonds. The molecule has 1 heterocycles. The monoisotopic (exact) mass is 407 g/mol. The molecule has 28 heavy (non-hydrogen) atoms. The van der Waals surface area contributed by atoms with Crippen molar-refractivity contribution in [2.24, 2.45) is 11.8 Å². The number of rotatable bonds is 5. The number of H-pyrrole nitrogens is 1. The highest BCUT2D eigenvalue weighted by Gasteiger charge is 2.37. The van der Waals surface area contributed by atoms with Crippen molar-refractivity contribution in [1.29, 1.82) is 0 Å². The molecule has 1 aromatic heterocycles. The van der Waals surface area contributed by atoms with Gasteiger partial charge in [0, 0.05) is 29.8 Å². The lowest BCUT2D eigenvalue weighted by Gasteiger charge is -2.27. The molecule has 1 aromatic carbocycles. The third kappa shape index (κ3) is 3.79. The van der Waals surface area contributed by atoms with Gasteiger partial charge in [0.15, 0.2) is 0 Å². The van der Waals surface area contributed by atoms with Crippen molar-refractivity contribution in [1.82, 2.24) is 15.3 Å². The highest BCUT2D eigenvalue weighted by molar-refractivity contribution is 6.30. The Balaban J connectivity index is 1.54. The quantitative estimate of drug-likeness (QED) is 0.663. The van der Waals surface area contributed by atoms with Gasteiger partial charge < -0.3 is 10.3 Å². The molecule has 150 valence electrons. The van der Waals surface area contributed by atoms with E-state index in [0.29, 0.717) is 6.42 Å². The minimum absolute atomic E-state index is 0.0219. The summed E-state index contributed by atoms with van der Waals surface area (Å²) in [6, 6.07) is 1.71. The van der Waals surface area contributed by atoms with Gasteiger partial charge in [0.2, 0.25) is 5.91 Å². The maximum Gasteiger partial charge on any atom is 0.223 e. The molecule has 0 radical (unpaired) electrons. The van der Waals surface area contributed by atoms with Crippen LogP contribution < -0.4 is 5.32 Å². The van der Waals surface area contributed by atoms with Crippen LogP contribution in [0.25, 0.3) is 0 Å². The smallest absolute Gasteiger partial charge is 0.223 e. The Labute approximate surface area is 168 Å². The van der Waals surface area contributed by atoms with Gasteiger partial charge in [-0.3, -0.25) is 4.79 Å². The molecule has 2 fully saturated rings. The van der Waals surface area contributed by atoms with E-state index < -0.39 is 17.7 Å². The van der Waals surface area contributed by atoms with Crippen molar-refractivity contribution in [3.05, 3.63) is 52.6 Å². The fourth-order valence-corrected chi connectivity index (χ4v) is 4.95. The summed E-state index contributed by atoms with van der Waals surface area (Å²) in [4.78, 5) is 20.4. The van der Waals surface area contributed by atoms with Crippen LogP contribution >= 0.6 is 11.6 Å². The Hall–Kier alpha value is -1.95. The second-order valence-electron chi connectivity index (χ2n) is 7.97. The molecule has 4 rings (SSSR count). The number of hydrogen-bond acceptors (Lipinski definition) is 2. The Morgan fingerprint density at radius 3 is 2.71 bits per heavy atom. The van der Waals surface area contributed by atoms with E-state index in [1.165, 1.54) is 12.1 Å². The maximum atomic E-state index is 14.7. The van der Waals surface area contributed by atoms with Crippen LogP contribution in [-0.2, 0) is 4.79 Å². The number of halogens is 3. The molecular formula is C21H24ClF2N3O. The summed E-state index contributed by atoms with van der Waals surface area (Å²) in [5.74, 6) is -0.592. The minimum atomic E-state index is -0.765. The minimum Gasteiger partial charge on any atom is -0.349 e. The van der Waals surface area contributed by atoms with Crippen LogP contribution in [0.3, 0.4) is 0 Å². The zero-order valence-electron chi connectivity index (χ0n) is 15.6. The molecule has 3 atom stereocenters. The van der Waals surface area contributed by atoms with Crippen LogP contribution in [0.4, 0.5) is 8.78 Å². The van der Waals surface area contributed by atoms with Gasteiger partial charge in [-0.15, -0.1) is 0 Å². The highest BCUT2D eigenvalue weighted by Crippen LogP contribution is 2.41. The number of hydrogen-bond donors (Lipinski definition) is 2. The van der Waals surface area contributed by atoms with Gasteiger partial charge in [-0.2, -0.15) is 0 Å². The maximum absolute atomic E-state index is 14.7. The van der Waals surface area contributed by atoms with E-state index >= 15 is 0 Å². The van der Waals surface area contributed by atoms with Gasteiger partial charge in [0.05, 0.1) is 11.1 Å². The number of nitrogens with one attached hydrogen (secondary N) is 2. The number of benzene rings is 1. The van der Waals surface area contributed by atoms with Crippen LogP contribution in [0.15, 0.2) is 24.5 Å². The Bertz CT molecular complexity index is 836. The van der Waals surface area contributed by atoms with E-state index in [1.807, 2.05) is 0 Å². The van der Waals surface area contributed by atoms with Crippen LogP contribution in [0, 0.1) is 23.5 Å². The number of carbonyl (C=O) groups is 1. The largest absolute Gasteiger partial charge is 0.349 e. The molecular weight excluding hydrogens is 384 g/mol. The number of imidazole rings is 1. The molecule has 0 spiro atoms. The first kappa shape index (κ1) is 19.4. The first-order valence-electron chi connectivity index (χ1n) is 9.97. The highest BCUT2D eigenvalue weighted by atomic mass is 35.5. The summed E-state index contributed by atoms with van der Waals surface area (Å²) >= 11 is 5.91. The molecule has 2 aromatic rings. The second-order valence-corrected chi connectivity index (χ2v) is 8.38. The van der Waals surface area contributed by atoms with Crippen molar-refractivity contribution < 1.29 is 13.6 Å². The van der Waals surface area contributed by atoms with Gasteiger partial charge in [-0.1, -0.05) is 24.4 Å². The summed E-state index contributed by atoms with van der Waals surface area (Å²) < 4.78 is 29.3. The SMILES string of the molecule is O=C(N[C@H](c1c(F)ccc(Cl)c1F)C1CCCC1)[C@@H]1CC[C@@H](c2ncc[nH]2)C1. The van der Waals surface area contributed by atoms with Crippen LogP contribution in [0.5, 0.6) is 0 Å². The molecule has 0 saturated heterocycles. The van der Waals surface area contributed by atoms with Crippen LogP contribution in [0.1, 0.15) is 68.3 Å². The van der Waals surface area contributed by atoms with Crippen LogP contribution in [-0.4, -0.2) is 15.9 Å². The van der Waals surface area contributed by atoms with Gasteiger partial charge >= 0.3 is 0 Å². The predicted molar refractivity (Wildman–Crippen MR) is 103 cm³/mol. The number of aromatic nitrogens is 2. The average Bonchev–Trinajstić information content (AvgIpc) is 3.45. The molecule has 2 saturated carbocycles. The van der Waals surface area contributed by atoms with E-state index in [1.54, 1.807) is 12.4 Å². The topological polar surface area (TPSA) is 57.8 Å². The number of aromatic amines is 1. The van der Waals surface area contributed by atoms with E-state index in [2.05, 4.69) is 15.3 Å². The summed E-state index contributed by atoms with van der Waals surface area (Å²) in [7, 11) is 0. The second kappa shape index (κ2) is 8.19. The van der Waals surface area contributed by atoms with Gasteiger partial charge in [0.1, 0.15) is 17.5 Å². The Morgan fingerprint density at radius 2 is 2.00 bits per heavy atom. The van der Waals surface area contributed by atoms with Gasteiger partial charge in [-0.05, 0) is 50.2 Å². The van der Waals surface area contributed by atoms with E-state index in [4.69, 9.17) is 11.6 Å². The summed E-state index contributed by atoms with van der Waals surface area (Å²) in [6.07, 6.45) is 9.50. The van der Waals surface area contributed by atoms with Crippen molar-refractivity contribution in [3.8, 4) is 0 Å². The van der Waals surface area contributed by atoms with Crippen molar-refractivity contribution in [2.75, 3.05) is 0 Å². The van der Waals surface area contributed by atoms with E-state index in [9.17, 15) is 13.6 Å². The summed E-state index contributed by atoms with van der Waals surface area (Å²) in [5, 5.41) is 2.87. The zero-order chi connectivity index (χ0) is 19.7. The fraction of sp³-hybridized carbons (Fsp3) is 0.524. The van der Waals surface area contributed by atoms with E-state index in [0.717, 1.165) is 44.3 Å². The lowest BCUT2D eigenvalue weighted by Crippen LogP contribution is -2.37. The summed E-state index contributed by atoms with van der Waals surface area (Å²) in [5.41, 5.74) is -0.103. The molecule has 2 N–H and O–H groups in total. The van der Waals surface area contributed by atoms with Crippen molar-refractivity contribution in [3.63, 3.8) is 0 Å². The molecule has 0 aliphatic heterocycles. The van der Waals surface area contributed by atoms with Crippen molar-refractivity contribution >= 4 is 17.5 Å². The number of carbonyl (C=O) groups excluding carboxylic acids is 1. The molecule has 0 bridgehead atoms. The molecule has 2 aliphatic rings.